The van der Waals surface area contributed by atoms with Crippen LogP contribution < -0.4 is 26.4 Å². The fourth-order valence-electron chi connectivity index (χ4n) is 8.02. The number of benzene rings is 3. The summed E-state index contributed by atoms with van der Waals surface area (Å²) in [6, 6.07) is 22.1. The molecule has 2 aromatic heterocycles. The van der Waals surface area contributed by atoms with E-state index < -0.39 is 34.7 Å². The zero-order valence-corrected chi connectivity index (χ0v) is 41.7. The van der Waals surface area contributed by atoms with Gasteiger partial charge in [0.15, 0.2) is 6.73 Å². The molecule has 0 aliphatic rings. The largest absolute Gasteiger partial charge is 0.469 e. The first-order valence-corrected chi connectivity index (χ1v) is 23.1. The Morgan fingerprint density at radius 2 is 1.19 bits per heavy atom. The number of alkyl carbamates (subject to hydrolysis) is 1. The molecular formula is C52H69N5O11. The Bertz CT molecular complexity index is 2670. The molecule has 2 heterocycles. The van der Waals surface area contributed by atoms with Crippen molar-refractivity contribution in [3.05, 3.63) is 116 Å². The molecule has 2 atom stereocenters. The summed E-state index contributed by atoms with van der Waals surface area (Å²) in [5.74, 6) is -1.60. The molecule has 0 saturated carbocycles. The van der Waals surface area contributed by atoms with Crippen LogP contribution in [-0.2, 0) is 25.2 Å². The second kappa shape index (κ2) is 23.9. The molecule has 0 aliphatic carbocycles. The molecule has 0 spiro atoms. The van der Waals surface area contributed by atoms with E-state index in [1.807, 2.05) is 89.2 Å². The molecule has 0 aliphatic heterocycles. The SMILES string of the molecule is CCN(CC)c1ccc2cc(C(=O)N(C)CCO)c(=O)oc2c1.CCN(CC)c1ccc2cc(C(=O)N(C)COC(=O)NC(C)(C)c3cccc(C(C)(CC)CC(C)C(=O)OC)c3)c(=O)oc2c1. The molecule has 2 unspecified atom stereocenters. The quantitative estimate of drug-likeness (QED) is 0.0462. The average molecular weight is 940 g/mol. The second-order valence-corrected chi connectivity index (χ2v) is 17.6. The van der Waals surface area contributed by atoms with E-state index in [1.165, 1.54) is 32.2 Å². The smallest absolute Gasteiger partial charge is 0.409 e. The number of likely N-dealkylation sites (N-methyl/N-ethyl adjacent to an activating group) is 1. The average Bonchev–Trinajstić information content (AvgIpc) is 3.32. The van der Waals surface area contributed by atoms with Crippen LogP contribution in [0.3, 0.4) is 0 Å². The normalized spacial score (nSPS) is 12.5. The van der Waals surface area contributed by atoms with Crippen molar-refractivity contribution in [3.63, 3.8) is 0 Å². The number of amides is 3. The molecule has 0 fully saturated rings. The lowest BCUT2D eigenvalue weighted by atomic mass is 9.73. The third-order valence-electron chi connectivity index (χ3n) is 12.5. The van der Waals surface area contributed by atoms with Gasteiger partial charge in [-0.3, -0.25) is 14.4 Å². The van der Waals surface area contributed by atoms with E-state index in [0.29, 0.717) is 28.4 Å². The van der Waals surface area contributed by atoms with E-state index in [-0.39, 0.29) is 48.3 Å². The van der Waals surface area contributed by atoms with Crippen LogP contribution >= 0.6 is 0 Å². The molecule has 0 bridgehead atoms. The zero-order chi connectivity index (χ0) is 50.5. The molecule has 368 valence electrons. The van der Waals surface area contributed by atoms with Crippen molar-refractivity contribution in [1.82, 2.24) is 15.1 Å². The standard InChI is InChI=1S/C35H47N3O7.C17H22N2O4/c1-10-35(7,21-23(4)31(40)43-9)26-15-13-14-25(19-26)34(5,6)36-33(42)44-22-37(8)30(39)28-18-24-16-17-27(38(11-2)12-3)20-29(24)45-32(28)41;1-4-19(5-2)13-7-6-12-10-14(16(21)18(3)8-9-20)17(22)23-15(12)11-13/h13-20,23H,10-12,21-22H2,1-9H3,(H,36,42);6-7,10-11,20H,4-5,8-9H2,1-3H3. The Kier molecular flexibility index (Phi) is 18.9. The van der Waals surface area contributed by atoms with Gasteiger partial charge < -0.3 is 48.3 Å². The molecule has 16 heteroatoms. The van der Waals surface area contributed by atoms with Gasteiger partial charge in [-0.05, 0) is 107 Å². The predicted molar refractivity (Wildman–Crippen MR) is 266 cm³/mol. The van der Waals surface area contributed by atoms with Crippen molar-refractivity contribution < 1.29 is 42.6 Å². The number of carbonyl (C=O) groups is 4. The summed E-state index contributed by atoms with van der Waals surface area (Å²) in [6.07, 6.45) is 0.696. The number of carbonyl (C=O) groups excluding carboxylic acids is 4. The van der Waals surface area contributed by atoms with E-state index >= 15 is 0 Å². The fourth-order valence-corrected chi connectivity index (χ4v) is 8.02. The minimum absolute atomic E-state index is 0.0240. The Hall–Kier alpha value is -6.68. The molecule has 3 aromatic carbocycles. The van der Waals surface area contributed by atoms with Crippen molar-refractivity contribution >= 4 is 57.2 Å². The monoisotopic (exact) mass is 939 g/mol. The highest BCUT2D eigenvalue weighted by Crippen LogP contribution is 2.36. The molecule has 2 N–H and O–H groups in total. The highest BCUT2D eigenvalue weighted by molar-refractivity contribution is 5.97. The van der Waals surface area contributed by atoms with Gasteiger partial charge in [0.2, 0.25) is 0 Å². The number of nitrogens with one attached hydrogen (secondary N) is 1. The van der Waals surface area contributed by atoms with Gasteiger partial charge in [0.25, 0.3) is 11.8 Å². The Morgan fingerprint density at radius 3 is 1.65 bits per heavy atom. The van der Waals surface area contributed by atoms with Crippen molar-refractivity contribution in [2.24, 2.45) is 5.92 Å². The molecule has 5 rings (SSSR count). The van der Waals surface area contributed by atoms with Gasteiger partial charge in [-0.2, -0.15) is 0 Å². The summed E-state index contributed by atoms with van der Waals surface area (Å²) in [4.78, 5) is 81.9. The number of aliphatic hydroxyl groups is 1. The maximum Gasteiger partial charge on any atom is 0.409 e. The van der Waals surface area contributed by atoms with Crippen LogP contribution in [0.4, 0.5) is 16.2 Å². The molecular weight excluding hydrogens is 871 g/mol. The van der Waals surface area contributed by atoms with Crippen LogP contribution in [0.2, 0.25) is 0 Å². The van der Waals surface area contributed by atoms with Crippen LogP contribution in [0.15, 0.2) is 91.2 Å². The number of aliphatic hydroxyl groups excluding tert-OH is 1. The molecule has 0 radical (unpaired) electrons. The van der Waals surface area contributed by atoms with E-state index in [9.17, 15) is 28.8 Å². The van der Waals surface area contributed by atoms with Crippen LogP contribution in [-0.4, -0.2) is 106 Å². The summed E-state index contributed by atoms with van der Waals surface area (Å²) in [5.41, 5.74) is 1.94. The molecule has 0 saturated heterocycles. The van der Waals surface area contributed by atoms with Gasteiger partial charge >= 0.3 is 23.3 Å². The number of esters is 1. The van der Waals surface area contributed by atoms with Gasteiger partial charge in [0.1, 0.15) is 22.3 Å². The maximum atomic E-state index is 13.1. The number of hydrogen-bond acceptors (Lipinski definition) is 13. The number of ether oxygens (including phenoxy) is 2. The summed E-state index contributed by atoms with van der Waals surface area (Å²) >= 11 is 0. The van der Waals surface area contributed by atoms with Crippen molar-refractivity contribution in [2.45, 2.75) is 86.1 Å². The summed E-state index contributed by atoms with van der Waals surface area (Å²) < 4.78 is 21.1. The third-order valence-corrected chi connectivity index (χ3v) is 12.5. The number of hydrogen-bond donors (Lipinski definition) is 2. The van der Waals surface area contributed by atoms with Crippen molar-refractivity contribution in [1.29, 1.82) is 0 Å². The molecule has 16 nitrogen and oxygen atoms in total. The minimum atomic E-state index is -0.818. The van der Waals surface area contributed by atoms with Crippen molar-refractivity contribution in [2.75, 3.05) is 77.1 Å². The van der Waals surface area contributed by atoms with Gasteiger partial charge in [0, 0.05) is 81.1 Å². The Balaban J connectivity index is 0.000000366. The summed E-state index contributed by atoms with van der Waals surface area (Å²) in [7, 11) is 4.37. The molecule has 68 heavy (non-hydrogen) atoms. The van der Waals surface area contributed by atoms with E-state index in [0.717, 1.165) is 60.0 Å². The lowest BCUT2D eigenvalue weighted by molar-refractivity contribution is -0.145. The Morgan fingerprint density at radius 1 is 0.706 bits per heavy atom. The van der Waals surface area contributed by atoms with E-state index in [4.69, 9.17) is 23.4 Å². The minimum Gasteiger partial charge on any atom is -0.469 e. The first kappa shape index (κ1) is 53.9. The highest BCUT2D eigenvalue weighted by Gasteiger charge is 2.32. The maximum absolute atomic E-state index is 13.1. The van der Waals surface area contributed by atoms with Crippen LogP contribution in [0.5, 0.6) is 0 Å². The number of rotatable bonds is 19. The fraction of sp³-hybridized carbons (Fsp3) is 0.462. The predicted octanol–water partition coefficient (Wildman–Crippen LogP) is 7.90. The second-order valence-electron chi connectivity index (χ2n) is 17.6. The summed E-state index contributed by atoms with van der Waals surface area (Å²) in [6.45, 7) is 20.9. The van der Waals surface area contributed by atoms with E-state index in [1.54, 1.807) is 12.1 Å². The number of fused-ring (bicyclic) bond motifs is 2. The third kappa shape index (κ3) is 13.1. The number of nitrogens with zero attached hydrogens (tertiary/aromatic N) is 4. The first-order valence-electron chi connectivity index (χ1n) is 23.1. The van der Waals surface area contributed by atoms with E-state index in [2.05, 4.69) is 42.8 Å². The lowest BCUT2D eigenvalue weighted by Crippen LogP contribution is -2.43. The topological polar surface area (TPSA) is 192 Å². The van der Waals surface area contributed by atoms with Crippen molar-refractivity contribution in [3.8, 4) is 0 Å². The van der Waals surface area contributed by atoms with Crippen LogP contribution in [0, 0.1) is 5.92 Å². The Labute approximate surface area is 398 Å². The molecule has 5 aromatic rings. The highest BCUT2D eigenvalue weighted by atomic mass is 16.6. The van der Waals surface area contributed by atoms with Gasteiger partial charge in [-0.25, -0.2) is 14.4 Å². The first-order chi connectivity index (χ1) is 32.2. The van der Waals surface area contributed by atoms with Crippen LogP contribution in [0.1, 0.15) is 107 Å². The number of anilines is 2. The molecule has 3 amide bonds. The number of methoxy groups -OCH3 is 1. The summed E-state index contributed by atoms with van der Waals surface area (Å²) in [5, 5.41) is 13.1. The van der Waals surface area contributed by atoms with Gasteiger partial charge in [0.05, 0.1) is 25.2 Å². The zero-order valence-electron chi connectivity index (χ0n) is 41.7. The van der Waals surface area contributed by atoms with Crippen LogP contribution in [0.25, 0.3) is 21.9 Å². The lowest BCUT2D eigenvalue weighted by Gasteiger charge is -2.33. The van der Waals surface area contributed by atoms with Gasteiger partial charge in [-0.1, -0.05) is 45.0 Å². The van der Waals surface area contributed by atoms with Gasteiger partial charge in [-0.15, -0.1) is 0 Å².